The monoisotopic (exact) mass is 341 g/mol. The summed E-state index contributed by atoms with van der Waals surface area (Å²) in [4.78, 5) is 12.5. The number of amides is 1. The molecule has 0 saturated heterocycles. The molecule has 0 aliphatic heterocycles. The third-order valence-corrected chi connectivity index (χ3v) is 4.32. The quantitative estimate of drug-likeness (QED) is 0.720. The van der Waals surface area contributed by atoms with Crippen molar-refractivity contribution < 1.29 is 9.53 Å². The van der Waals surface area contributed by atoms with Gasteiger partial charge in [-0.15, -0.1) is 0 Å². The van der Waals surface area contributed by atoms with Crippen LogP contribution in [-0.2, 0) is 4.79 Å². The van der Waals surface area contributed by atoms with Crippen LogP contribution in [0.25, 0.3) is 0 Å². The summed E-state index contributed by atoms with van der Waals surface area (Å²) in [5, 5.41) is 3.53. The lowest BCUT2D eigenvalue weighted by Crippen LogP contribution is -2.23. The van der Waals surface area contributed by atoms with Crippen molar-refractivity contribution in [2.75, 3.05) is 5.32 Å². The number of halogens is 1. The molecule has 124 valence electrons. The highest BCUT2D eigenvalue weighted by Gasteiger charge is 2.20. The van der Waals surface area contributed by atoms with Crippen LogP contribution in [0.4, 0.5) is 5.69 Å². The fraction of sp³-hybridized carbons (Fsp3) is 0.250. The number of rotatable bonds is 4. The van der Waals surface area contributed by atoms with Gasteiger partial charge in [0, 0.05) is 10.9 Å². The Hall–Kier alpha value is -2.26. The number of anilines is 1. The van der Waals surface area contributed by atoms with E-state index >= 15 is 0 Å². The predicted octanol–water partition coefficient (Wildman–Crippen LogP) is 5.74. The van der Waals surface area contributed by atoms with Gasteiger partial charge in [-0.2, -0.15) is 0 Å². The molecule has 0 saturated carbocycles. The summed E-state index contributed by atoms with van der Waals surface area (Å²) in [6, 6.07) is 13.0. The van der Waals surface area contributed by atoms with Crippen LogP contribution < -0.4 is 10.1 Å². The lowest BCUT2D eigenvalue weighted by atomic mass is 9.93. The van der Waals surface area contributed by atoms with Gasteiger partial charge in [0.15, 0.2) is 5.75 Å². The molecule has 2 aromatic rings. The molecule has 4 heteroatoms. The molecule has 3 nitrogen and oxygen atoms in total. The highest BCUT2D eigenvalue weighted by Crippen LogP contribution is 2.33. The fourth-order valence-electron chi connectivity index (χ4n) is 2.69. The van der Waals surface area contributed by atoms with E-state index in [-0.39, 0.29) is 11.8 Å². The van der Waals surface area contributed by atoms with Crippen LogP contribution in [0.5, 0.6) is 11.5 Å². The van der Waals surface area contributed by atoms with Gasteiger partial charge in [-0.1, -0.05) is 41.4 Å². The first-order valence-corrected chi connectivity index (χ1v) is 8.49. The molecule has 1 atom stereocenters. The molecule has 1 unspecified atom stereocenters. The molecule has 1 aliphatic carbocycles. The number of aryl methyl sites for hydroxylation is 1. The minimum Gasteiger partial charge on any atom is -0.455 e. The smallest absolute Gasteiger partial charge is 0.227 e. The number of ether oxygens (including phenoxy) is 1. The average molecular weight is 342 g/mol. The van der Waals surface area contributed by atoms with Crippen molar-refractivity contribution in [2.24, 2.45) is 5.92 Å². The van der Waals surface area contributed by atoms with Crippen molar-refractivity contribution in [1.29, 1.82) is 0 Å². The Balaban J connectivity index is 1.78. The molecule has 2 aromatic carbocycles. The van der Waals surface area contributed by atoms with Crippen LogP contribution in [0.15, 0.2) is 54.6 Å². The topological polar surface area (TPSA) is 38.3 Å². The minimum absolute atomic E-state index is 0.00112. The molecule has 3 rings (SSSR count). The van der Waals surface area contributed by atoms with E-state index in [2.05, 4.69) is 17.5 Å². The maximum Gasteiger partial charge on any atom is 0.227 e. The van der Waals surface area contributed by atoms with Crippen LogP contribution in [0.2, 0.25) is 5.02 Å². The second-order valence-electron chi connectivity index (χ2n) is 6.03. The molecule has 0 spiro atoms. The number of allylic oxidation sites excluding steroid dienone is 2. The summed E-state index contributed by atoms with van der Waals surface area (Å²) in [6.45, 7) is 2.02. The van der Waals surface area contributed by atoms with Crippen LogP contribution >= 0.6 is 11.6 Å². The van der Waals surface area contributed by atoms with Crippen LogP contribution in [0, 0.1) is 12.8 Å². The van der Waals surface area contributed by atoms with E-state index in [4.69, 9.17) is 16.3 Å². The largest absolute Gasteiger partial charge is 0.455 e. The number of carbonyl (C=O) groups is 1. The van der Waals surface area contributed by atoms with Gasteiger partial charge in [0.05, 0.1) is 5.69 Å². The SMILES string of the molecule is Cc1ccc(Oc2ccc(Cl)cc2NC(=O)C2CC=CCC2)cc1. The fourth-order valence-corrected chi connectivity index (χ4v) is 2.86. The summed E-state index contributed by atoms with van der Waals surface area (Å²) in [7, 11) is 0. The first-order valence-electron chi connectivity index (χ1n) is 8.12. The summed E-state index contributed by atoms with van der Waals surface area (Å²) >= 11 is 6.09. The standard InChI is InChI=1S/C20H20ClNO2/c1-14-7-10-17(11-8-14)24-19-12-9-16(21)13-18(19)22-20(23)15-5-3-2-4-6-15/h2-3,7-13,15H,4-6H2,1H3,(H,22,23). The minimum atomic E-state index is 0.00112. The van der Waals surface area contributed by atoms with Gasteiger partial charge < -0.3 is 10.1 Å². The van der Waals surface area contributed by atoms with Crippen LogP contribution in [0.1, 0.15) is 24.8 Å². The highest BCUT2D eigenvalue weighted by atomic mass is 35.5. The van der Waals surface area contributed by atoms with Crippen LogP contribution in [-0.4, -0.2) is 5.91 Å². The van der Waals surface area contributed by atoms with E-state index in [0.717, 1.165) is 30.6 Å². The average Bonchev–Trinajstić information content (AvgIpc) is 2.60. The Labute approximate surface area is 147 Å². The predicted molar refractivity (Wildman–Crippen MR) is 97.8 cm³/mol. The van der Waals surface area contributed by atoms with Gasteiger partial charge in [-0.25, -0.2) is 0 Å². The molecule has 0 heterocycles. The summed E-state index contributed by atoms with van der Waals surface area (Å²) in [6.07, 6.45) is 6.78. The van der Waals surface area contributed by atoms with Crippen molar-refractivity contribution in [3.05, 3.63) is 65.2 Å². The van der Waals surface area contributed by atoms with Crippen molar-refractivity contribution in [3.63, 3.8) is 0 Å². The number of hydrogen-bond donors (Lipinski definition) is 1. The molecule has 0 fully saturated rings. The van der Waals surface area contributed by atoms with E-state index in [1.165, 1.54) is 0 Å². The Bertz CT molecular complexity index is 753. The van der Waals surface area contributed by atoms with E-state index in [9.17, 15) is 4.79 Å². The Morgan fingerprint density at radius 3 is 2.67 bits per heavy atom. The zero-order valence-electron chi connectivity index (χ0n) is 13.6. The van der Waals surface area contributed by atoms with E-state index in [1.807, 2.05) is 31.2 Å². The Kier molecular flexibility index (Phi) is 5.21. The van der Waals surface area contributed by atoms with Gasteiger partial charge >= 0.3 is 0 Å². The first-order chi connectivity index (χ1) is 11.6. The lowest BCUT2D eigenvalue weighted by molar-refractivity contribution is -0.120. The zero-order chi connectivity index (χ0) is 16.9. The molecule has 0 aromatic heterocycles. The van der Waals surface area contributed by atoms with Gasteiger partial charge in [0.1, 0.15) is 5.75 Å². The second-order valence-corrected chi connectivity index (χ2v) is 6.46. The molecular formula is C20H20ClNO2. The summed E-state index contributed by atoms with van der Waals surface area (Å²) < 4.78 is 5.92. The van der Waals surface area contributed by atoms with Gasteiger partial charge in [-0.05, 0) is 56.5 Å². The van der Waals surface area contributed by atoms with Crippen molar-refractivity contribution in [2.45, 2.75) is 26.2 Å². The van der Waals surface area contributed by atoms with E-state index in [1.54, 1.807) is 18.2 Å². The first kappa shape index (κ1) is 16.6. The molecule has 1 aliphatic rings. The molecule has 1 N–H and O–H groups in total. The lowest BCUT2D eigenvalue weighted by Gasteiger charge is -2.19. The molecule has 0 bridgehead atoms. The molecule has 1 amide bonds. The van der Waals surface area contributed by atoms with Crippen molar-refractivity contribution in [3.8, 4) is 11.5 Å². The zero-order valence-corrected chi connectivity index (χ0v) is 14.3. The summed E-state index contributed by atoms with van der Waals surface area (Å²) in [5.74, 6) is 1.32. The molecule has 24 heavy (non-hydrogen) atoms. The number of benzene rings is 2. The van der Waals surface area contributed by atoms with Gasteiger partial charge in [0.2, 0.25) is 5.91 Å². The number of carbonyl (C=O) groups excluding carboxylic acids is 1. The van der Waals surface area contributed by atoms with Gasteiger partial charge in [0.25, 0.3) is 0 Å². The third kappa shape index (κ3) is 4.18. The summed E-state index contributed by atoms with van der Waals surface area (Å²) in [5.41, 5.74) is 1.76. The Morgan fingerprint density at radius 2 is 1.96 bits per heavy atom. The second kappa shape index (κ2) is 7.54. The Morgan fingerprint density at radius 1 is 1.17 bits per heavy atom. The van der Waals surface area contributed by atoms with Gasteiger partial charge in [-0.3, -0.25) is 4.79 Å². The maximum absolute atomic E-state index is 12.5. The van der Waals surface area contributed by atoms with Crippen LogP contribution in [0.3, 0.4) is 0 Å². The van der Waals surface area contributed by atoms with E-state index < -0.39 is 0 Å². The van der Waals surface area contributed by atoms with Crippen molar-refractivity contribution >= 4 is 23.2 Å². The molecule has 0 radical (unpaired) electrons. The third-order valence-electron chi connectivity index (χ3n) is 4.09. The number of nitrogens with one attached hydrogen (secondary N) is 1. The maximum atomic E-state index is 12.5. The number of hydrogen-bond acceptors (Lipinski definition) is 2. The van der Waals surface area contributed by atoms with Crippen molar-refractivity contribution in [1.82, 2.24) is 0 Å². The molecular weight excluding hydrogens is 322 g/mol. The normalized spacial score (nSPS) is 16.7. The van der Waals surface area contributed by atoms with E-state index in [0.29, 0.717) is 16.5 Å². The highest BCUT2D eigenvalue weighted by molar-refractivity contribution is 6.31.